The van der Waals surface area contributed by atoms with Crippen molar-refractivity contribution in [2.45, 2.75) is 43.9 Å². The number of benzene rings is 2. The first kappa shape index (κ1) is 17.4. The molecule has 2 atom stereocenters. The molecule has 0 aliphatic heterocycles. The van der Waals surface area contributed by atoms with Crippen molar-refractivity contribution >= 4 is 11.7 Å². The van der Waals surface area contributed by atoms with Crippen LogP contribution in [0.3, 0.4) is 0 Å². The standard InChI is InChI=1S/C23H25NO4/c24-18-6-5-16(8-19(18)25)28-20-4-2-1-3-17(20)22-9-14-7-15(10-22)12-23(11-14,13-22)21(26)27/h1-6,8,14-15,25H,7,9-13,24H2,(H,26,27). The van der Waals surface area contributed by atoms with E-state index in [1.807, 2.05) is 18.2 Å². The van der Waals surface area contributed by atoms with Crippen LogP contribution in [-0.2, 0) is 10.2 Å². The number of carboxylic acids is 1. The predicted molar refractivity (Wildman–Crippen MR) is 105 cm³/mol. The predicted octanol–water partition coefficient (Wildman–Crippen LogP) is 4.69. The van der Waals surface area contributed by atoms with E-state index in [0.717, 1.165) is 43.4 Å². The number of nitrogen functional groups attached to an aromatic ring is 1. The Bertz CT molecular complexity index is 939. The summed E-state index contributed by atoms with van der Waals surface area (Å²) in [5.41, 5.74) is 6.38. The number of rotatable bonds is 4. The van der Waals surface area contributed by atoms with E-state index in [4.69, 9.17) is 10.5 Å². The van der Waals surface area contributed by atoms with E-state index in [9.17, 15) is 15.0 Å². The van der Waals surface area contributed by atoms with Gasteiger partial charge in [-0.2, -0.15) is 0 Å². The minimum atomic E-state index is -0.632. The van der Waals surface area contributed by atoms with Gasteiger partial charge in [-0.3, -0.25) is 4.79 Å². The summed E-state index contributed by atoms with van der Waals surface area (Å²) in [5, 5.41) is 19.9. The number of anilines is 1. The number of carbonyl (C=O) groups is 1. The number of hydrogen-bond donors (Lipinski definition) is 3. The molecule has 4 aliphatic carbocycles. The molecule has 146 valence electrons. The molecule has 0 amide bonds. The largest absolute Gasteiger partial charge is 0.506 e. The SMILES string of the molecule is Nc1ccc(Oc2ccccc2C23CC4CC(CC(C(=O)O)(C4)C2)C3)cc1O. The third kappa shape index (κ3) is 2.56. The summed E-state index contributed by atoms with van der Waals surface area (Å²) in [4.78, 5) is 12.2. The lowest BCUT2D eigenvalue weighted by Gasteiger charge is -2.60. The monoisotopic (exact) mass is 379 g/mol. The van der Waals surface area contributed by atoms with E-state index in [-0.39, 0.29) is 11.2 Å². The number of phenolic OH excluding ortho intramolecular Hbond substituents is 1. The van der Waals surface area contributed by atoms with Crippen LogP contribution in [0.5, 0.6) is 17.2 Å². The molecule has 4 fully saturated rings. The van der Waals surface area contributed by atoms with Gasteiger partial charge in [0, 0.05) is 17.0 Å². The van der Waals surface area contributed by atoms with E-state index in [1.165, 1.54) is 6.07 Å². The molecular weight excluding hydrogens is 354 g/mol. The van der Waals surface area contributed by atoms with Gasteiger partial charge >= 0.3 is 5.97 Å². The van der Waals surface area contributed by atoms with E-state index in [0.29, 0.717) is 29.7 Å². The summed E-state index contributed by atoms with van der Waals surface area (Å²) in [5.74, 6) is 1.59. The Morgan fingerprint density at radius 3 is 2.46 bits per heavy atom. The van der Waals surface area contributed by atoms with Crippen molar-refractivity contribution in [1.82, 2.24) is 0 Å². The summed E-state index contributed by atoms with van der Waals surface area (Å²) >= 11 is 0. The number of hydrogen-bond acceptors (Lipinski definition) is 4. The first-order valence-electron chi connectivity index (χ1n) is 9.98. The lowest BCUT2D eigenvalue weighted by atomic mass is 9.43. The first-order chi connectivity index (χ1) is 13.4. The fraction of sp³-hybridized carbons (Fsp3) is 0.435. The number of aliphatic carboxylic acids is 1. The summed E-state index contributed by atoms with van der Waals surface area (Å²) in [6.07, 6.45) is 5.55. The lowest BCUT2D eigenvalue weighted by molar-refractivity contribution is -0.167. The van der Waals surface area contributed by atoms with E-state index in [2.05, 4.69) is 6.07 Å². The fourth-order valence-corrected chi connectivity index (χ4v) is 6.54. The highest BCUT2D eigenvalue weighted by Gasteiger charge is 2.61. The molecule has 4 N–H and O–H groups in total. The molecule has 4 aliphatic rings. The van der Waals surface area contributed by atoms with Crippen LogP contribution in [0, 0.1) is 17.3 Å². The summed E-state index contributed by atoms with van der Waals surface area (Å²) in [6.45, 7) is 0. The smallest absolute Gasteiger partial charge is 0.309 e. The van der Waals surface area contributed by atoms with Crippen LogP contribution in [0.2, 0.25) is 0 Å². The molecule has 2 aromatic rings. The van der Waals surface area contributed by atoms with Gasteiger partial charge in [0.2, 0.25) is 0 Å². The molecule has 4 saturated carbocycles. The Balaban J connectivity index is 1.55. The van der Waals surface area contributed by atoms with Crippen molar-refractivity contribution in [3.63, 3.8) is 0 Å². The van der Waals surface area contributed by atoms with Crippen LogP contribution in [0.1, 0.15) is 44.1 Å². The molecule has 2 unspecified atom stereocenters. The Morgan fingerprint density at radius 1 is 1.07 bits per heavy atom. The number of phenols is 1. The van der Waals surface area contributed by atoms with Gasteiger partial charge in [-0.25, -0.2) is 0 Å². The third-order valence-electron chi connectivity index (χ3n) is 7.20. The number of aromatic hydroxyl groups is 1. The third-order valence-corrected chi connectivity index (χ3v) is 7.20. The molecule has 2 aromatic carbocycles. The average Bonchev–Trinajstić information content (AvgIpc) is 2.64. The van der Waals surface area contributed by atoms with Crippen molar-refractivity contribution in [2.75, 3.05) is 5.73 Å². The second kappa shape index (κ2) is 5.90. The zero-order valence-electron chi connectivity index (χ0n) is 15.7. The molecule has 5 nitrogen and oxygen atoms in total. The van der Waals surface area contributed by atoms with Crippen molar-refractivity contribution in [3.05, 3.63) is 48.0 Å². The average molecular weight is 379 g/mol. The Labute approximate surface area is 164 Å². The van der Waals surface area contributed by atoms with Crippen LogP contribution >= 0.6 is 0 Å². The van der Waals surface area contributed by atoms with Gasteiger partial charge in [0.15, 0.2) is 0 Å². The van der Waals surface area contributed by atoms with Crippen molar-refractivity contribution < 1.29 is 19.7 Å². The minimum Gasteiger partial charge on any atom is -0.506 e. The van der Waals surface area contributed by atoms with E-state index >= 15 is 0 Å². The van der Waals surface area contributed by atoms with Crippen LogP contribution in [-0.4, -0.2) is 16.2 Å². The van der Waals surface area contributed by atoms with Gasteiger partial charge in [-0.15, -0.1) is 0 Å². The maximum Gasteiger partial charge on any atom is 0.309 e. The Hall–Kier alpha value is -2.69. The molecule has 0 saturated heterocycles. The lowest BCUT2D eigenvalue weighted by Crippen LogP contribution is -2.56. The molecule has 28 heavy (non-hydrogen) atoms. The Kier molecular flexibility index (Phi) is 3.67. The van der Waals surface area contributed by atoms with Gasteiger partial charge in [-0.05, 0) is 68.6 Å². The number of nitrogens with two attached hydrogens (primary N) is 1. The molecule has 5 heteroatoms. The minimum absolute atomic E-state index is 0.00499. The second-order valence-corrected chi connectivity index (χ2v) is 9.15. The van der Waals surface area contributed by atoms with Crippen LogP contribution in [0.4, 0.5) is 5.69 Å². The van der Waals surface area contributed by atoms with Crippen molar-refractivity contribution in [2.24, 2.45) is 17.3 Å². The zero-order valence-corrected chi connectivity index (χ0v) is 15.7. The maximum atomic E-state index is 12.2. The van der Waals surface area contributed by atoms with Crippen LogP contribution in [0.15, 0.2) is 42.5 Å². The highest BCUT2D eigenvalue weighted by molar-refractivity contribution is 5.76. The fourth-order valence-electron chi connectivity index (χ4n) is 6.54. The topological polar surface area (TPSA) is 92.8 Å². The van der Waals surface area contributed by atoms with E-state index in [1.54, 1.807) is 12.1 Å². The van der Waals surface area contributed by atoms with E-state index < -0.39 is 11.4 Å². The number of carboxylic acid groups (broad SMARTS) is 1. The number of para-hydroxylation sites is 1. The first-order valence-corrected chi connectivity index (χ1v) is 9.98. The number of ether oxygens (including phenoxy) is 1. The molecule has 0 aromatic heterocycles. The second-order valence-electron chi connectivity index (χ2n) is 9.15. The molecule has 0 spiro atoms. The Morgan fingerprint density at radius 2 is 1.79 bits per heavy atom. The summed E-state index contributed by atoms with van der Waals surface area (Å²) in [6, 6.07) is 12.9. The van der Waals surface area contributed by atoms with Crippen LogP contribution < -0.4 is 10.5 Å². The maximum absolute atomic E-state index is 12.2. The highest BCUT2D eigenvalue weighted by atomic mass is 16.5. The van der Waals surface area contributed by atoms with Gasteiger partial charge in [0.1, 0.15) is 17.2 Å². The molecule has 6 rings (SSSR count). The zero-order chi connectivity index (χ0) is 19.5. The molecule has 4 bridgehead atoms. The summed E-state index contributed by atoms with van der Waals surface area (Å²) in [7, 11) is 0. The van der Waals surface area contributed by atoms with Crippen molar-refractivity contribution in [3.8, 4) is 17.2 Å². The highest BCUT2D eigenvalue weighted by Crippen LogP contribution is 2.66. The van der Waals surface area contributed by atoms with Gasteiger partial charge in [0.05, 0.1) is 11.1 Å². The van der Waals surface area contributed by atoms with Crippen molar-refractivity contribution in [1.29, 1.82) is 0 Å². The molecule has 0 heterocycles. The van der Waals surface area contributed by atoms with Gasteiger partial charge < -0.3 is 20.7 Å². The normalized spacial score (nSPS) is 33.0. The quantitative estimate of drug-likeness (QED) is 0.529. The van der Waals surface area contributed by atoms with Gasteiger partial charge in [0.25, 0.3) is 0 Å². The summed E-state index contributed by atoms with van der Waals surface area (Å²) < 4.78 is 6.17. The van der Waals surface area contributed by atoms with Gasteiger partial charge in [-0.1, -0.05) is 18.2 Å². The molecular formula is C23H25NO4. The molecule has 0 radical (unpaired) electrons. The van der Waals surface area contributed by atoms with Crippen LogP contribution in [0.25, 0.3) is 0 Å².